The Kier molecular flexibility index (Phi) is 4.14. The lowest BCUT2D eigenvalue weighted by molar-refractivity contribution is -0.633. The number of aromatic nitrogens is 1. The zero-order valence-electron chi connectivity index (χ0n) is 19.1. The maximum atomic E-state index is 9.57. The predicted octanol–water partition coefficient (Wildman–Crippen LogP) is 6.61. The summed E-state index contributed by atoms with van der Waals surface area (Å²) in [6.45, 7) is 10.5. The number of nitrogens with zero attached hydrogens (tertiary/aromatic N) is 2. The van der Waals surface area contributed by atoms with Gasteiger partial charge in [0.2, 0.25) is 5.52 Å². The maximum Gasteiger partial charge on any atom is 0.256 e. The molecule has 0 atom stereocenters. The van der Waals surface area contributed by atoms with Crippen LogP contribution in [0.25, 0.3) is 32.9 Å². The van der Waals surface area contributed by atoms with Gasteiger partial charge in [-0.1, -0.05) is 24.3 Å². The fraction of sp³-hybridized carbons (Fsp3) is 0.286. The summed E-state index contributed by atoms with van der Waals surface area (Å²) in [7, 11) is 2.12. The lowest BCUT2D eigenvalue weighted by Gasteiger charge is -2.23. The van der Waals surface area contributed by atoms with E-state index in [9.17, 15) is 5.26 Å². The van der Waals surface area contributed by atoms with Gasteiger partial charge < -0.3 is 4.74 Å². The van der Waals surface area contributed by atoms with Crippen molar-refractivity contribution in [2.45, 2.75) is 41.0 Å². The van der Waals surface area contributed by atoms with Crippen molar-refractivity contribution in [2.75, 3.05) is 0 Å². The average Bonchev–Trinajstić information content (AvgIpc) is 2.71. The summed E-state index contributed by atoms with van der Waals surface area (Å²) in [5.74, 6) is 1.81. The van der Waals surface area contributed by atoms with Crippen LogP contribution in [-0.4, -0.2) is 0 Å². The topological polar surface area (TPSA) is 36.9 Å². The molecule has 0 amide bonds. The molecule has 0 saturated carbocycles. The zero-order valence-corrected chi connectivity index (χ0v) is 19.1. The summed E-state index contributed by atoms with van der Waals surface area (Å²) < 4.78 is 8.80. The first-order valence-corrected chi connectivity index (χ1v) is 10.8. The number of hydrogen-bond donors (Lipinski definition) is 0. The van der Waals surface area contributed by atoms with E-state index in [0.717, 1.165) is 28.1 Å². The van der Waals surface area contributed by atoms with E-state index < -0.39 is 5.41 Å². The first-order chi connectivity index (χ1) is 14.7. The van der Waals surface area contributed by atoms with E-state index >= 15 is 0 Å². The van der Waals surface area contributed by atoms with Gasteiger partial charge >= 0.3 is 0 Å². The molecule has 3 aromatic carbocycles. The molecule has 1 aromatic heterocycles. The third-order valence-electron chi connectivity index (χ3n) is 6.64. The number of ether oxygens (including phenoxy) is 1. The molecule has 0 spiro atoms. The van der Waals surface area contributed by atoms with Crippen molar-refractivity contribution in [2.24, 2.45) is 12.5 Å². The van der Waals surface area contributed by atoms with E-state index in [1.165, 1.54) is 38.6 Å². The molecule has 0 N–H and O–H groups in total. The minimum atomic E-state index is -0.424. The number of fused-ring (bicyclic) bond motifs is 3. The van der Waals surface area contributed by atoms with E-state index in [4.69, 9.17) is 4.74 Å². The number of aryl methyl sites for hydroxylation is 3. The van der Waals surface area contributed by atoms with Crippen LogP contribution in [-0.2, 0) is 13.5 Å². The van der Waals surface area contributed by atoms with Gasteiger partial charge in [0.1, 0.15) is 12.8 Å². The van der Waals surface area contributed by atoms with Crippen molar-refractivity contribution in [1.29, 1.82) is 5.26 Å². The quantitative estimate of drug-likeness (QED) is 0.309. The number of rotatable bonds is 2. The number of benzene rings is 3. The summed E-state index contributed by atoms with van der Waals surface area (Å²) in [5.41, 5.74) is 8.06. The zero-order chi connectivity index (χ0) is 22.1. The van der Waals surface area contributed by atoms with Gasteiger partial charge in [-0.25, -0.2) is 0 Å². The van der Waals surface area contributed by atoms with Gasteiger partial charge in [-0.05, 0) is 74.7 Å². The molecule has 0 radical (unpaired) electrons. The second-order valence-corrected chi connectivity index (χ2v) is 9.60. The van der Waals surface area contributed by atoms with Crippen molar-refractivity contribution in [3.05, 3.63) is 64.7 Å². The van der Waals surface area contributed by atoms with Crippen molar-refractivity contribution in [3.63, 3.8) is 0 Å². The second-order valence-electron chi connectivity index (χ2n) is 9.60. The van der Waals surface area contributed by atoms with Crippen LogP contribution in [0.3, 0.4) is 0 Å². The predicted molar refractivity (Wildman–Crippen MR) is 125 cm³/mol. The highest BCUT2D eigenvalue weighted by Crippen LogP contribution is 2.48. The average molecular weight is 408 g/mol. The molecule has 31 heavy (non-hydrogen) atoms. The third kappa shape index (κ3) is 2.90. The molecule has 0 fully saturated rings. The van der Waals surface area contributed by atoms with Crippen LogP contribution in [0.15, 0.2) is 42.5 Å². The van der Waals surface area contributed by atoms with Crippen molar-refractivity contribution < 1.29 is 9.30 Å². The Morgan fingerprint density at radius 2 is 1.81 bits per heavy atom. The smallest absolute Gasteiger partial charge is 0.256 e. The first kappa shape index (κ1) is 19.6. The third-order valence-corrected chi connectivity index (χ3v) is 6.64. The maximum absolute atomic E-state index is 9.57. The highest BCUT2D eigenvalue weighted by molar-refractivity contribution is 6.05. The monoisotopic (exact) mass is 407 g/mol. The van der Waals surface area contributed by atoms with Crippen LogP contribution < -0.4 is 9.30 Å². The summed E-state index contributed by atoms with van der Waals surface area (Å²) in [4.78, 5) is 0. The Hall–Kier alpha value is -3.38. The molecule has 154 valence electrons. The SMILES string of the molecule is Cc1cc2c3c(c(C)c(C)cc3c1)-c1c(cc3c(CC(C)(C)C#N)cccc3[n+]1C)O2. The van der Waals surface area contributed by atoms with Crippen molar-refractivity contribution >= 4 is 21.7 Å². The molecule has 4 aromatic rings. The van der Waals surface area contributed by atoms with E-state index in [0.29, 0.717) is 6.42 Å². The molecule has 0 saturated heterocycles. The minimum absolute atomic E-state index is 0.424. The normalized spacial score (nSPS) is 12.5. The van der Waals surface area contributed by atoms with Crippen LogP contribution in [0, 0.1) is 37.5 Å². The largest absolute Gasteiger partial charge is 0.450 e. The van der Waals surface area contributed by atoms with E-state index in [2.05, 4.69) is 80.9 Å². The summed E-state index contributed by atoms with van der Waals surface area (Å²) in [5, 5.41) is 13.1. The van der Waals surface area contributed by atoms with Crippen LogP contribution in [0.4, 0.5) is 0 Å². The van der Waals surface area contributed by atoms with E-state index in [-0.39, 0.29) is 0 Å². The summed E-state index contributed by atoms with van der Waals surface area (Å²) in [6.07, 6.45) is 0.697. The van der Waals surface area contributed by atoms with Gasteiger partial charge in [-0.3, -0.25) is 0 Å². The Morgan fingerprint density at radius 1 is 1.03 bits per heavy atom. The van der Waals surface area contributed by atoms with Gasteiger partial charge in [0, 0.05) is 17.5 Å². The van der Waals surface area contributed by atoms with Gasteiger partial charge in [0.15, 0.2) is 5.75 Å². The molecule has 3 heteroatoms. The summed E-state index contributed by atoms with van der Waals surface area (Å²) >= 11 is 0. The van der Waals surface area contributed by atoms with Crippen molar-refractivity contribution in [3.8, 4) is 28.8 Å². The first-order valence-electron chi connectivity index (χ1n) is 10.8. The Labute approximate surface area is 183 Å². The number of nitriles is 1. The van der Waals surface area contributed by atoms with Crippen LogP contribution in [0.1, 0.15) is 36.1 Å². The second kappa shape index (κ2) is 6.56. The molecule has 2 heterocycles. The molecular formula is C28H27N2O+. The highest BCUT2D eigenvalue weighted by Gasteiger charge is 2.32. The lowest BCUT2D eigenvalue weighted by atomic mass is 9.85. The Balaban J connectivity index is 1.87. The van der Waals surface area contributed by atoms with Gasteiger partial charge in [-0.2, -0.15) is 9.83 Å². The molecule has 1 aliphatic heterocycles. The van der Waals surface area contributed by atoms with Crippen molar-refractivity contribution in [1.82, 2.24) is 0 Å². The fourth-order valence-corrected chi connectivity index (χ4v) is 4.97. The van der Waals surface area contributed by atoms with Gasteiger partial charge in [-0.15, -0.1) is 0 Å². The molecule has 3 nitrogen and oxygen atoms in total. The fourth-order valence-electron chi connectivity index (χ4n) is 4.97. The molecule has 5 rings (SSSR count). The Morgan fingerprint density at radius 3 is 2.55 bits per heavy atom. The summed E-state index contributed by atoms with van der Waals surface area (Å²) in [6, 6.07) is 17.6. The Bertz CT molecular complexity index is 1450. The molecule has 0 aliphatic carbocycles. The van der Waals surface area contributed by atoms with Crippen LogP contribution >= 0.6 is 0 Å². The number of pyridine rings is 1. The minimum Gasteiger partial charge on any atom is -0.450 e. The number of hydrogen-bond acceptors (Lipinski definition) is 2. The molecule has 1 aliphatic rings. The molecule has 0 unspecified atom stereocenters. The molecular weight excluding hydrogens is 380 g/mol. The standard InChI is InChI=1S/C28H27N2O/c1-16-10-20-12-17(2)18(3)25-26(20)23(11-16)31-24-13-21-19(14-28(4,5)15-29)8-7-9-22(21)30(6)27(24)25/h7-13H,14H2,1-6H3/q+1. The van der Waals surface area contributed by atoms with E-state index in [1.54, 1.807) is 0 Å². The van der Waals surface area contributed by atoms with E-state index in [1.807, 2.05) is 13.8 Å². The van der Waals surface area contributed by atoms with Gasteiger partial charge in [0.25, 0.3) is 5.69 Å². The molecule has 0 bridgehead atoms. The van der Waals surface area contributed by atoms with Crippen LogP contribution in [0.5, 0.6) is 11.5 Å². The lowest BCUT2D eigenvalue weighted by Crippen LogP contribution is -2.34. The van der Waals surface area contributed by atoms with Gasteiger partial charge in [0.05, 0.1) is 22.4 Å². The highest BCUT2D eigenvalue weighted by atomic mass is 16.5. The van der Waals surface area contributed by atoms with Crippen LogP contribution in [0.2, 0.25) is 0 Å².